The summed E-state index contributed by atoms with van der Waals surface area (Å²) >= 11 is 7.71. The van der Waals surface area contributed by atoms with Crippen LogP contribution in [0.25, 0.3) is 11.3 Å². The summed E-state index contributed by atoms with van der Waals surface area (Å²) in [6.45, 7) is 1.08. The van der Waals surface area contributed by atoms with E-state index >= 15 is 0 Å². The van der Waals surface area contributed by atoms with E-state index in [1.165, 1.54) is 30.7 Å². The highest BCUT2D eigenvalue weighted by molar-refractivity contribution is 7.09. The van der Waals surface area contributed by atoms with E-state index in [0.29, 0.717) is 47.1 Å². The number of benzene rings is 1. The van der Waals surface area contributed by atoms with Crippen LogP contribution in [0.15, 0.2) is 41.8 Å². The second-order valence-corrected chi connectivity index (χ2v) is 9.26. The molecule has 2 saturated carbocycles. The van der Waals surface area contributed by atoms with Gasteiger partial charge in [-0.15, -0.1) is 11.3 Å². The lowest BCUT2D eigenvalue weighted by atomic mass is 10.1. The Bertz CT molecular complexity index is 1060. The van der Waals surface area contributed by atoms with Crippen molar-refractivity contribution in [3.05, 3.63) is 63.2 Å². The Balaban J connectivity index is 1.33. The SMILES string of the molecule is O=C(NCc1csc(C2CC2)n1)c1ccc(OCC2CC2)c(-c2ccc(Cl)cc2)n1. The summed E-state index contributed by atoms with van der Waals surface area (Å²) in [5, 5.41) is 6.79. The van der Waals surface area contributed by atoms with Gasteiger partial charge in [-0.3, -0.25) is 4.79 Å². The summed E-state index contributed by atoms with van der Waals surface area (Å²) in [5.74, 6) is 1.73. The van der Waals surface area contributed by atoms with Crippen molar-refractivity contribution in [2.45, 2.75) is 38.1 Å². The first-order valence-corrected chi connectivity index (χ1v) is 11.5. The van der Waals surface area contributed by atoms with Crippen LogP contribution in [0, 0.1) is 5.92 Å². The van der Waals surface area contributed by atoms with Crippen molar-refractivity contribution in [1.82, 2.24) is 15.3 Å². The van der Waals surface area contributed by atoms with Gasteiger partial charge >= 0.3 is 0 Å². The molecule has 30 heavy (non-hydrogen) atoms. The van der Waals surface area contributed by atoms with Crippen LogP contribution in [-0.4, -0.2) is 22.5 Å². The van der Waals surface area contributed by atoms with Crippen LogP contribution in [-0.2, 0) is 6.54 Å². The highest BCUT2D eigenvalue weighted by Gasteiger charge is 2.26. The molecule has 2 fully saturated rings. The van der Waals surface area contributed by atoms with Gasteiger partial charge in [0.2, 0.25) is 0 Å². The van der Waals surface area contributed by atoms with Crippen molar-refractivity contribution >= 4 is 28.8 Å². The van der Waals surface area contributed by atoms with Crippen molar-refractivity contribution in [2.24, 2.45) is 5.92 Å². The minimum atomic E-state index is -0.222. The topological polar surface area (TPSA) is 64.1 Å². The van der Waals surface area contributed by atoms with Crippen LogP contribution in [0.1, 0.15) is 52.8 Å². The van der Waals surface area contributed by atoms with E-state index in [0.717, 1.165) is 11.3 Å². The van der Waals surface area contributed by atoms with Gasteiger partial charge in [-0.05, 0) is 55.9 Å². The minimum absolute atomic E-state index is 0.222. The summed E-state index contributed by atoms with van der Waals surface area (Å²) in [6.07, 6.45) is 4.88. The standard InChI is InChI=1S/C23H22ClN3O2S/c24-17-7-5-15(6-8-17)21-20(29-12-14-1-2-14)10-9-19(27-21)22(28)25-11-18-13-30-23(26-18)16-3-4-16/h5-10,13-14,16H,1-4,11-12H2,(H,25,28). The zero-order valence-corrected chi connectivity index (χ0v) is 18.0. The fourth-order valence-electron chi connectivity index (χ4n) is 3.18. The van der Waals surface area contributed by atoms with Crippen molar-refractivity contribution in [3.8, 4) is 17.0 Å². The number of nitrogens with one attached hydrogen (secondary N) is 1. The maximum absolute atomic E-state index is 12.7. The molecule has 0 unspecified atom stereocenters. The maximum atomic E-state index is 12.7. The molecule has 1 N–H and O–H groups in total. The summed E-state index contributed by atoms with van der Waals surface area (Å²) < 4.78 is 6.00. The van der Waals surface area contributed by atoms with Gasteiger partial charge in [0, 0.05) is 21.9 Å². The lowest BCUT2D eigenvalue weighted by molar-refractivity contribution is 0.0945. The average molecular weight is 440 g/mol. The van der Waals surface area contributed by atoms with Gasteiger partial charge in [-0.25, -0.2) is 9.97 Å². The predicted octanol–water partition coefficient (Wildman–Crippen LogP) is 5.45. The molecule has 0 aliphatic heterocycles. The van der Waals surface area contributed by atoms with E-state index in [1.807, 2.05) is 35.7 Å². The monoisotopic (exact) mass is 439 g/mol. The molecular weight excluding hydrogens is 418 g/mol. The Labute approximate surface area is 184 Å². The van der Waals surface area contributed by atoms with Gasteiger partial charge in [0.1, 0.15) is 17.1 Å². The fourth-order valence-corrected chi connectivity index (χ4v) is 4.30. The summed E-state index contributed by atoms with van der Waals surface area (Å²) in [6, 6.07) is 11.0. The zero-order valence-electron chi connectivity index (χ0n) is 16.4. The molecule has 3 aromatic rings. The van der Waals surface area contributed by atoms with E-state index in [-0.39, 0.29) is 5.91 Å². The van der Waals surface area contributed by atoms with E-state index in [4.69, 9.17) is 16.3 Å². The number of aromatic nitrogens is 2. The van der Waals surface area contributed by atoms with E-state index in [9.17, 15) is 4.79 Å². The first-order valence-electron chi connectivity index (χ1n) is 10.3. The molecule has 1 amide bonds. The number of hydrogen-bond donors (Lipinski definition) is 1. The lowest BCUT2D eigenvalue weighted by Crippen LogP contribution is -2.24. The quantitative estimate of drug-likeness (QED) is 0.506. The molecule has 2 aliphatic carbocycles. The van der Waals surface area contributed by atoms with Crippen LogP contribution >= 0.6 is 22.9 Å². The fraction of sp³-hybridized carbons (Fsp3) is 0.348. The van der Waals surface area contributed by atoms with Gasteiger partial charge in [0.25, 0.3) is 5.91 Å². The molecule has 2 heterocycles. The number of thiazole rings is 1. The zero-order chi connectivity index (χ0) is 20.5. The van der Waals surface area contributed by atoms with Crippen LogP contribution < -0.4 is 10.1 Å². The highest BCUT2D eigenvalue weighted by Crippen LogP contribution is 2.41. The Morgan fingerprint density at radius 3 is 2.63 bits per heavy atom. The number of ether oxygens (including phenoxy) is 1. The molecule has 5 nitrogen and oxygen atoms in total. The Kier molecular flexibility index (Phi) is 5.44. The van der Waals surface area contributed by atoms with Crippen molar-refractivity contribution in [3.63, 3.8) is 0 Å². The van der Waals surface area contributed by atoms with Gasteiger partial charge in [0.15, 0.2) is 0 Å². The Morgan fingerprint density at radius 2 is 1.90 bits per heavy atom. The van der Waals surface area contributed by atoms with Crippen molar-refractivity contribution in [2.75, 3.05) is 6.61 Å². The van der Waals surface area contributed by atoms with Crippen LogP contribution in [0.4, 0.5) is 0 Å². The van der Waals surface area contributed by atoms with Crippen molar-refractivity contribution < 1.29 is 9.53 Å². The third-order valence-corrected chi connectivity index (χ3v) is 6.61. The van der Waals surface area contributed by atoms with Gasteiger partial charge < -0.3 is 10.1 Å². The molecule has 1 aromatic carbocycles. The van der Waals surface area contributed by atoms with Crippen LogP contribution in [0.3, 0.4) is 0 Å². The lowest BCUT2D eigenvalue weighted by Gasteiger charge is -2.12. The van der Waals surface area contributed by atoms with Crippen LogP contribution in [0.2, 0.25) is 5.02 Å². The molecule has 0 atom stereocenters. The maximum Gasteiger partial charge on any atom is 0.270 e. The third kappa shape index (κ3) is 4.65. The Hall–Kier alpha value is -2.44. The average Bonchev–Trinajstić information content (AvgIpc) is 3.70. The minimum Gasteiger partial charge on any atom is -0.491 e. The third-order valence-electron chi connectivity index (χ3n) is 5.31. The number of amides is 1. The molecule has 2 aliphatic rings. The smallest absolute Gasteiger partial charge is 0.270 e. The molecule has 0 spiro atoms. The summed E-state index contributed by atoms with van der Waals surface area (Å²) in [4.78, 5) is 22.0. The van der Waals surface area contributed by atoms with Gasteiger partial charge in [-0.2, -0.15) is 0 Å². The molecular formula is C23H22ClN3O2S. The Morgan fingerprint density at radius 1 is 1.10 bits per heavy atom. The predicted molar refractivity (Wildman–Crippen MR) is 118 cm³/mol. The normalized spacial score (nSPS) is 15.8. The number of carbonyl (C=O) groups excluding carboxylic acids is 1. The number of pyridine rings is 1. The molecule has 0 radical (unpaired) electrons. The second kappa shape index (κ2) is 8.36. The second-order valence-electron chi connectivity index (χ2n) is 7.94. The first-order chi connectivity index (χ1) is 14.7. The van der Waals surface area contributed by atoms with E-state index in [2.05, 4.69) is 15.3 Å². The number of hydrogen-bond acceptors (Lipinski definition) is 5. The number of nitrogens with zero attached hydrogens (tertiary/aromatic N) is 2. The number of carbonyl (C=O) groups is 1. The largest absolute Gasteiger partial charge is 0.491 e. The van der Waals surface area contributed by atoms with Gasteiger partial charge in [-0.1, -0.05) is 23.7 Å². The number of halogens is 1. The van der Waals surface area contributed by atoms with Crippen LogP contribution in [0.5, 0.6) is 5.75 Å². The molecule has 2 aromatic heterocycles. The van der Waals surface area contributed by atoms with Gasteiger partial charge in [0.05, 0.1) is 23.9 Å². The van der Waals surface area contributed by atoms with E-state index in [1.54, 1.807) is 17.4 Å². The van der Waals surface area contributed by atoms with E-state index < -0.39 is 0 Å². The molecule has 0 bridgehead atoms. The summed E-state index contributed by atoms with van der Waals surface area (Å²) in [7, 11) is 0. The van der Waals surface area contributed by atoms with Crippen molar-refractivity contribution in [1.29, 1.82) is 0 Å². The number of rotatable bonds is 8. The highest BCUT2D eigenvalue weighted by atomic mass is 35.5. The molecule has 7 heteroatoms. The summed E-state index contributed by atoms with van der Waals surface area (Å²) in [5.41, 5.74) is 2.78. The molecule has 5 rings (SSSR count). The first kappa shape index (κ1) is 19.5. The molecule has 154 valence electrons. The molecule has 0 saturated heterocycles.